The molecule has 0 fully saturated rings. The van der Waals surface area contributed by atoms with E-state index in [0.29, 0.717) is 13.1 Å². The maximum atomic E-state index is 12.5. The molecule has 144 valence electrons. The summed E-state index contributed by atoms with van der Waals surface area (Å²) in [5, 5.41) is 9.96. The van der Waals surface area contributed by atoms with E-state index >= 15 is 0 Å². The smallest absolute Gasteiger partial charge is 0.333 e. The van der Waals surface area contributed by atoms with E-state index in [-0.39, 0.29) is 11.6 Å². The molecule has 0 aliphatic carbocycles. The van der Waals surface area contributed by atoms with Crippen LogP contribution in [-0.4, -0.2) is 14.2 Å². The van der Waals surface area contributed by atoms with E-state index in [9.17, 15) is 14.7 Å². The van der Waals surface area contributed by atoms with Crippen molar-refractivity contribution in [3.05, 3.63) is 26.9 Å². The molecule has 25 heavy (non-hydrogen) atoms. The number of aromatic hydroxyl groups is 1. The Morgan fingerprint density at radius 3 is 1.68 bits per heavy atom. The molecule has 1 N–H and O–H groups in total. The SMILES string of the molecule is CCCCCCCCn1c(O)cc(=O)n(CCCCCCCC)c1=O. The molecule has 0 saturated heterocycles. The summed E-state index contributed by atoms with van der Waals surface area (Å²) >= 11 is 0. The highest BCUT2D eigenvalue weighted by atomic mass is 16.3. The third kappa shape index (κ3) is 7.93. The van der Waals surface area contributed by atoms with Gasteiger partial charge in [-0.25, -0.2) is 4.79 Å². The minimum absolute atomic E-state index is 0.206. The molecule has 0 aromatic carbocycles. The van der Waals surface area contributed by atoms with Gasteiger partial charge in [-0.15, -0.1) is 0 Å². The summed E-state index contributed by atoms with van der Waals surface area (Å²) in [5.41, 5.74) is -0.762. The van der Waals surface area contributed by atoms with Gasteiger partial charge in [-0.1, -0.05) is 78.1 Å². The van der Waals surface area contributed by atoms with Gasteiger partial charge in [-0.2, -0.15) is 0 Å². The molecule has 0 aliphatic rings. The van der Waals surface area contributed by atoms with Crippen LogP contribution in [0.5, 0.6) is 5.88 Å². The fourth-order valence-electron chi connectivity index (χ4n) is 3.12. The third-order valence-electron chi connectivity index (χ3n) is 4.73. The van der Waals surface area contributed by atoms with Crippen LogP contribution in [0.4, 0.5) is 0 Å². The first-order valence-corrected chi connectivity index (χ1v) is 10.2. The quantitative estimate of drug-likeness (QED) is 0.504. The van der Waals surface area contributed by atoms with Crippen LogP contribution in [-0.2, 0) is 13.1 Å². The lowest BCUT2D eigenvalue weighted by atomic mass is 10.1. The van der Waals surface area contributed by atoms with Gasteiger partial charge in [-0.3, -0.25) is 13.9 Å². The second-order valence-corrected chi connectivity index (χ2v) is 6.96. The average molecular weight is 353 g/mol. The van der Waals surface area contributed by atoms with Gasteiger partial charge in [0.25, 0.3) is 5.56 Å². The van der Waals surface area contributed by atoms with E-state index in [0.717, 1.165) is 38.5 Å². The first kappa shape index (κ1) is 21.5. The van der Waals surface area contributed by atoms with Gasteiger partial charge in [0.1, 0.15) is 0 Å². The van der Waals surface area contributed by atoms with Crippen LogP contribution in [0.25, 0.3) is 0 Å². The molecule has 0 amide bonds. The Morgan fingerprint density at radius 2 is 1.16 bits per heavy atom. The summed E-state index contributed by atoms with van der Waals surface area (Å²) in [6.07, 6.45) is 13.4. The third-order valence-corrected chi connectivity index (χ3v) is 4.73. The molecule has 0 spiro atoms. The van der Waals surface area contributed by atoms with Crippen molar-refractivity contribution in [1.82, 2.24) is 9.13 Å². The summed E-state index contributed by atoms with van der Waals surface area (Å²) in [7, 11) is 0. The molecule has 0 saturated carbocycles. The Balaban J connectivity index is 2.55. The molecular formula is C20H36N2O3. The minimum atomic E-state index is -0.393. The Kier molecular flexibility index (Phi) is 11.0. The Bertz CT molecular complexity index is 590. The van der Waals surface area contributed by atoms with Crippen molar-refractivity contribution in [1.29, 1.82) is 0 Å². The van der Waals surface area contributed by atoms with Crippen LogP contribution in [0.15, 0.2) is 15.7 Å². The number of hydrogen-bond donors (Lipinski definition) is 1. The number of aromatic nitrogens is 2. The van der Waals surface area contributed by atoms with Crippen molar-refractivity contribution in [3.63, 3.8) is 0 Å². The van der Waals surface area contributed by atoms with E-state index in [1.807, 2.05) is 0 Å². The first-order valence-electron chi connectivity index (χ1n) is 10.2. The lowest BCUT2D eigenvalue weighted by Gasteiger charge is -2.12. The molecule has 1 aromatic heterocycles. The van der Waals surface area contributed by atoms with Gasteiger partial charge >= 0.3 is 5.69 Å². The van der Waals surface area contributed by atoms with E-state index < -0.39 is 5.56 Å². The number of rotatable bonds is 14. The number of unbranched alkanes of at least 4 members (excludes halogenated alkanes) is 10. The predicted molar refractivity (Wildman–Crippen MR) is 103 cm³/mol. The Morgan fingerprint density at radius 1 is 0.720 bits per heavy atom. The molecule has 0 unspecified atom stereocenters. The first-order chi connectivity index (χ1) is 12.1. The van der Waals surface area contributed by atoms with Crippen molar-refractivity contribution < 1.29 is 5.11 Å². The second kappa shape index (κ2) is 12.8. The van der Waals surface area contributed by atoms with E-state index in [2.05, 4.69) is 13.8 Å². The van der Waals surface area contributed by atoms with Crippen LogP contribution in [0.3, 0.4) is 0 Å². The Hall–Kier alpha value is -1.52. The van der Waals surface area contributed by atoms with Gasteiger partial charge < -0.3 is 5.11 Å². The zero-order chi connectivity index (χ0) is 18.5. The van der Waals surface area contributed by atoms with Gasteiger partial charge in [0.15, 0.2) is 0 Å². The van der Waals surface area contributed by atoms with Gasteiger partial charge in [0, 0.05) is 13.1 Å². The van der Waals surface area contributed by atoms with Crippen LogP contribution >= 0.6 is 0 Å². The van der Waals surface area contributed by atoms with Gasteiger partial charge in [-0.05, 0) is 12.8 Å². The second-order valence-electron chi connectivity index (χ2n) is 6.96. The van der Waals surface area contributed by atoms with Crippen molar-refractivity contribution in [2.45, 2.75) is 104 Å². The van der Waals surface area contributed by atoms with Gasteiger partial charge in [0.05, 0.1) is 6.07 Å². The summed E-state index contributed by atoms with van der Waals surface area (Å²) in [5.74, 6) is -0.206. The number of nitrogens with zero attached hydrogens (tertiary/aromatic N) is 2. The highest BCUT2D eigenvalue weighted by Gasteiger charge is 2.10. The van der Waals surface area contributed by atoms with E-state index in [1.165, 1.54) is 53.7 Å². The summed E-state index contributed by atoms with van der Waals surface area (Å²) in [6, 6.07) is 1.18. The largest absolute Gasteiger partial charge is 0.494 e. The van der Waals surface area contributed by atoms with Crippen LogP contribution in [0.1, 0.15) is 90.9 Å². The zero-order valence-corrected chi connectivity index (χ0v) is 16.1. The molecule has 1 aromatic rings. The number of hydrogen-bond acceptors (Lipinski definition) is 3. The maximum Gasteiger partial charge on any atom is 0.333 e. The molecule has 0 aliphatic heterocycles. The minimum Gasteiger partial charge on any atom is -0.494 e. The van der Waals surface area contributed by atoms with Crippen molar-refractivity contribution in [3.8, 4) is 5.88 Å². The van der Waals surface area contributed by atoms with Crippen molar-refractivity contribution >= 4 is 0 Å². The summed E-state index contributed by atoms with van der Waals surface area (Å²) in [4.78, 5) is 24.5. The van der Waals surface area contributed by atoms with E-state index in [1.54, 1.807) is 0 Å². The summed E-state index contributed by atoms with van der Waals surface area (Å²) in [6.45, 7) is 5.29. The topological polar surface area (TPSA) is 64.2 Å². The summed E-state index contributed by atoms with van der Waals surface area (Å²) < 4.78 is 2.62. The van der Waals surface area contributed by atoms with Gasteiger partial charge in [0.2, 0.25) is 5.88 Å². The van der Waals surface area contributed by atoms with Crippen molar-refractivity contribution in [2.24, 2.45) is 0 Å². The standard InChI is InChI=1S/C20H36N2O3/c1-3-5-7-9-11-13-15-21-18(23)17-19(24)22(20(21)25)16-14-12-10-8-6-4-2/h17,23H,3-16H2,1-2H3. The van der Waals surface area contributed by atoms with Crippen LogP contribution in [0, 0.1) is 0 Å². The average Bonchev–Trinajstić information content (AvgIpc) is 2.58. The predicted octanol–water partition coefficient (Wildman–Crippen LogP) is 4.44. The van der Waals surface area contributed by atoms with Crippen LogP contribution in [0.2, 0.25) is 0 Å². The molecule has 0 atom stereocenters. The molecule has 1 rings (SSSR count). The lowest BCUT2D eigenvalue weighted by Crippen LogP contribution is -2.39. The Labute approximate surface area is 151 Å². The molecule has 5 nitrogen and oxygen atoms in total. The van der Waals surface area contributed by atoms with E-state index in [4.69, 9.17) is 0 Å². The van der Waals surface area contributed by atoms with Crippen molar-refractivity contribution in [2.75, 3.05) is 0 Å². The lowest BCUT2D eigenvalue weighted by molar-refractivity contribution is 0.378. The molecule has 0 radical (unpaired) electrons. The normalized spacial score (nSPS) is 11.1. The maximum absolute atomic E-state index is 12.5. The molecule has 0 bridgehead atoms. The molecular weight excluding hydrogens is 316 g/mol. The van der Waals surface area contributed by atoms with Crippen LogP contribution < -0.4 is 11.2 Å². The molecule has 5 heteroatoms. The monoisotopic (exact) mass is 352 g/mol. The highest BCUT2D eigenvalue weighted by Crippen LogP contribution is 2.09. The fraction of sp³-hybridized carbons (Fsp3) is 0.800. The fourth-order valence-corrected chi connectivity index (χ4v) is 3.12. The molecule has 1 heterocycles. The highest BCUT2D eigenvalue weighted by molar-refractivity contribution is 5.07. The zero-order valence-electron chi connectivity index (χ0n) is 16.1.